The van der Waals surface area contributed by atoms with Crippen LogP contribution >= 0.6 is 23.4 Å². The fraction of sp³-hybridized carbons (Fsp3) is 0.421. The molecule has 3 atom stereocenters. The summed E-state index contributed by atoms with van der Waals surface area (Å²) in [5, 5.41) is 9.97. The third kappa shape index (κ3) is 4.22. The molecule has 0 unspecified atom stereocenters. The molecule has 2 fully saturated rings. The van der Waals surface area contributed by atoms with Crippen LogP contribution in [0.2, 0.25) is 5.02 Å². The number of aromatic hydroxyl groups is 1. The van der Waals surface area contributed by atoms with Crippen LogP contribution in [0, 0.1) is 11.8 Å². The van der Waals surface area contributed by atoms with Crippen molar-refractivity contribution >= 4 is 23.4 Å². The molecule has 25 heavy (non-hydrogen) atoms. The zero-order chi connectivity index (χ0) is 17.2. The van der Waals surface area contributed by atoms with E-state index in [-0.39, 0.29) is 6.10 Å². The Morgan fingerprint density at radius 2 is 1.88 bits per heavy atom. The minimum atomic E-state index is 0.280. The van der Waals surface area contributed by atoms with E-state index in [0.29, 0.717) is 10.8 Å². The summed E-state index contributed by atoms with van der Waals surface area (Å²) in [6.07, 6.45) is 5.86. The normalized spacial score (nSPS) is 25.9. The molecule has 1 aliphatic heterocycles. The van der Waals surface area contributed by atoms with Gasteiger partial charge < -0.3 is 9.84 Å². The molecule has 0 radical (unpaired) electrons. The first-order valence-corrected chi connectivity index (χ1v) is 9.93. The summed E-state index contributed by atoms with van der Waals surface area (Å²) < 4.78 is 6.07. The number of likely N-dealkylation sites (tertiary alicyclic amines) is 1. The molecule has 4 nitrogen and oxygen atoms in total. The summed E-state index contributed by atoms with van der Waals surface area (Å²) in [7, 11) is 0. The second-order valence-electron chi connectivity index (χ2n) is 6.87. The van der Waals surface area contributed by atoms with Crippen LogP contribution in [0.4, 0.5) is 0 Å². The first-order chi connectivity index (χ1) is 12.2. The Balaban J connectivity index is 1.25. The maximum atomic E-state index is 9.35. The van der Waals surface area contributed by atoms with Crippen molar-refractivity contribution in [3.63, 3.8) is 0 Å². The third-order valence-corrected chi connectivity index (χ3v) is 6.32. The highest BCUT2D eigenvalue weighted by Gasteiger charge is 2.41. The van der Waals surface area contributed by atoms with Crippen LogP contribution in [0.5, 0.6) is 11.5 Å². The van der Waals surface area contributed by atoms with Gasteiger partial charge in [-0.1, -0.05) is 11.6 Å². The zero-order valence-corrected chi connectivity index (χ0v) is 15.4. The average Bonchev–Trinajstić information content (AvgIpc) is 3.12. The molecule has 0 amide bonds. The van der Waals surface area contributed by atoms with E-state index < -0.39 is 0 Å². The van der Waals surface area contributed by atoms with Gasteiger partial charge in [-0.3, -0.25) is 9.88 Å². The largest absolute Gasteiger partial charge is 0.508 e. The standard InChI is InChI=1S/C19H21ClN2O2S/c20-15-7-18(9-21-8-15)24-17-5-13-10-22(11-14(13)6-17)12-25-19-3-1-16(23)2-4-19/h1-4,7-9,13-14,17,23H,5-6,10-12H2/t13-,14+,17+. The number of phenols is 1. The van der Waals surface area contributed by atoms with Crippen LogP contribution in [0.1, 0.15) is 12.8 Å². The number of hydrogen-bond donors (Lipinski definition) is 1. The first-order valence-electron chi connectivity index (χ1n) is 8.57. The number of pyridine rings is 1. The highest BCUT2D eigenvalue weighted by molar-refractivity contribution is 7.99. The quantitative estimate of drug-likeness (QED) is 0.789. The van der Waals surface area contributed by atoms with E-state index in [4.69, 9.17) is 16.3 Å². The number of hydrogen-bond acceptors (Lipinski definition) is 5. The Morgan fingerprint density at radius 3 is 2.56 bits per heavy atom. The second kappa shape index (κ2) is 7.44. The summed E-state index contributed by atoms with van der Waals surface area (Å²) in [6, 6.07) is 9.27. The highest BCUT2D eigenvalue weighted by Crippen LogP contribution is 2.40. The van der Waals surface area contributed by atoms with Crippen molar-refractivity contribution < 1.29 is 9.84 Å². The monoisotopic (exact) mass is 376 g/mol. The molecule has 6 heteroatoms. The van der Waals surface area contributed by atoms with Crippen molar-refractivity contribution in [2.45, 2.75) is 23.8 Å². The molecule has 1 aliphatic carbocycles. The van der Waals surface area contributed by atoms with Gasteiger partial charge in [0, 0.05) is 36.1 Å². The molecule has 1 saturated carbocycles. The topological polar surface area (TPSA) is 45.6 Å². The highest BCUT2D eigenvalue weighted by atomic mass is 35.5. The van der Waals surface area contributed by atoms with Gasteiger partial charge in [-0.25, -0.2) is 0 Å². The zero-order valence-electron chi connectivity index (χ0n) is 13.8. The van der Waals surface area contributed by atoms with Crippen LogP contribution in [-0.2, 0) is 0 Å². The Hall–Kier alpha value is -1.43. The van der Waals surface area contributed by atoms with Gasteiger partial charge in [0.25, 0.3) is 0 Å². The smallest absolute Gasteiger partial charge is 0.139 e. The summed E-state index contributed by atoms with van der Waals surface area (Å²) in [5.41, 5.74) is 0. The van der Waals surface area contributed by atoms with Gasteiger partial charge in [-0.15, -0.1) is 11.8 Å². The predicted molar refractivity (Wildman–Crippen MR) is 100 cm³/mol. The van der Waals surface area contributed by atoms with Gasteiger partial charge in [0.1, 0.15) is 11.5 Å². The van der Waals surface area contributed by atoms with E-state index in [2.05, 4.69) is 9.88 Å². The molecule has 2 aromatic rings. The minimum absolute atomic E-state index is 0.280. The van der Waals surface area contributed by atoms with Crippen molar-refractivity contribution in [2.75, 3.05) is 19.0 Å². The van der Waals surface area contributed by atoms with Gasteiger partial charge in [-0.2, -0.15) is 0 Å². The van der Waals surface area contributed by atoms with Crippen molar-refractivity contribution in [2.24, 2.45) is 11.8 Å². The van der Waals surface area contributed by atoms with Crippen LogP contribution in [0.25, 0.3) is 0 Å². The number of aromatic nitrogens is 1. The fourth-order valence-electron chi connectivity index (χ4n) is 3.90. The summed E-state index contributed by atoms with van der Waals surface area (Å²) in [6.45, 7) is 2.28. The van der Waals surface area contributed by atoms with Crippen molar-refractivity contribution in [1.29, 1.82) is 0 Å². The van der Waals surface area contributed by atoms with E-state index in [1.54, 1.807) is 24.5 Å². The van der Waals surface area contributed by atoms with Gasteiger partial charge in [-0.05, 0) is 48.9 Å². The van der Waals surface area contributed by atoms with E-state index in [1.807, 2.05) is 30.0 Å². The third-order valence-electron chi connectivity index (χ3n) is 5.02. The van der Waals surface area contributed by atoms with Crippen LogP contribution in [0.15, 0.2) is 47.6 Å². The Morgan fingerprint density at radius 1 is 1.16 bits per heavy atom. The Labute approximate surface area is 157 Å². The van der Waals surface area contributed by atoms with Crippen molar-refractivity contribution in [3.05, 3.63) is 47.7 Å². The summed E-state index contributed by atoms with van der Waals surface area (Å²) in [4.78, 5) is 7.82. The lowest BCUT2D eigenvalue weighted by Crippen LogP contribution is -2.24. The Kier molecular flexibility index (Phi) is 5.06. The number of nitrogens with zero attached hydrogens (tertiary/aromatic N) is 2. The molecule has 1 N–H and O–H groups in total. The molecule has 0 bridgehead atoms. The number of phenolic OH excluding ortho intramolecular Hbond substituents is 1. The summed E-state index contributed by atoms with van der Waals surface area (Å²) in [5.74, 6) is 3.54. The van der Waals surface area contributed by atoms with Gasteiger partial charge in [0.2, 0.25) is 0 Å². The van der Waals surface area contributed by atoms with Gasteiger partial charge in [0.15, 0.2) is 0 Å². The fourth-order valence-corrected chi connectivity index (χ4v) is 4.94. The van der Waals surface area contributed by atoms with Gasteiger partial charge in [0.05, 0.1) is 17.3 Å². The second-order valence-corrected chi connectivity index (χ2v) is 8.33. The molecule has 1 saturated heterocycles. The molecule has 2 aliphatic rings. The van der Waals surface area contributed by atoms with Crippen molar-refractivity contribution in [3.8, 4) is 11.5 Å². The molecular formula is C19H21ClN2O2S. The molecule has 4 rings (SSSR count). The van der Waals surface area contributed by atoms with Gasteiger partial charge >= 0.3 is 0 Å². The number of fused-ring (bicyclic) bond motifs is 1. The molecule has 2 heterocycles. The van der Waals surface area contributed by atoms with E-state index in [0.717, 1.165) is 49.4 Å². The number of ether oxygens (including phenoxy) is 1. The number of benzene rings is 1. The predicted octanol–water partition coefficient (Wildman–Crippen LogP) is 4.28. The lowest BCUT2D eigenvalue weighted by Gasteiger charge is -2.19. The molecule has 1 aromatic heterocycles. The molecule has 132 valence electrons. The SMILES string of the molecule is Oc1ccc(SCN2C[C@H]3C[C@H](Oc4cncc(Cl)c4)C[C@H]3C2)cc1. The van der Waals surface area contributed by atoms with Crippen LogP contribution in [0.3, 0.4) is 0 Å². The lowest BCUT2D eigenvalue weighted by molar-refractivity contribution is 0.189. The average molecular weight is 377 g/mol. The first kappa shape index (κ1) is 17.0. The summed E-state index contributed by atoms with van der Waals surface area (Å²) >= 11 is 7.80. The van der Waals surface area contributed by atoms with Crippen molar-refractivity contribution in [1.82, 2.24) is 9.88 Å². The Bertz CT molecular complexity index is 714. The van der Waals surface area contributed by atoms with Crippen LogP contribution < -0.4 is 4.74 Å². The van der Waals surface area contributed by atoms with E-state index in [1.165, 1.54) is 4.90 Å². The number of halogens is 1. The maximum Gasteiger partial charge on any atom is 0.139 e. The van der Waals surface area contributed by atoms with E-state index >= 15 is 0 Å². The number of rotatable bonds is 5. The molecule has 0 spiro atoms. The van der Waals surface area contributed by atoms with Crippen LogP contribution in [-0.4, -0.2) is 40.1 Å². The maximum absolute atomic E-state index is 9.35. The molecular weight excluding hydrogens is 356 g/mol. The number of thioether (sulfide) groups is 1. The van der Waals surface area contributed by atoms with E-state index in [9.17, 15) is 5.11 Å². The minimum Gasteiger partial charge on any atom is -0.508 e. The lowest BCUT2D eigenvalue weighted by atomic mass is 10.0. The molecule has 1 aromatic carbocycles.